The molecule has 0 radical (unpaired) electrons. The van der Waals surface area contributed by atoms with E-state index in [4.69, 9.17) is 44.8 Å². The molecule has 1 fully saturated rings. The predicted molar refractivity (Wildman–Crippen MR) is 236 cm³/mol. The number of hydrogen-bond acceptors (Lipinski definition) is 16. The maximum absolute atomic E-state index is 8.87. The highest BCUT2D eigenvalue weighted by atomic mass is 16.5. The number of likely N-dealkylation sites (N-methyl/N-ethyl adjacent to an activating group) is 6. The van der Waals surface area contributed by atoms with Crippen LogP contribution < -0.4 is 0 Å². The fourth-order valence-electron chi connectivity index (χ4n) is 3.86. The van der Waals surface area contributed by atoms with Gasteiger partial charge in [-0.15, -0.1) is 0 Å². The normalized spacial score (nSPS) is 13.6. The summed E-state index contributed by atoms with van der Waals surface area (Å²) in [6.07, 6.45) is 3.09. The lowest BCUT2D eigenvalue weighted by Gasteiger charge is -2.18. The van der Waals surface area contributed by atoms with Crippen molar-refractivity contribution in [1.29, 1.82) is 0 Å². The van der Waals surface area contributed by atoms with Gasteiger partial charge in [0.15, 0.2) is 0 Å². The van der Waals surface area contributed by atoms with Crippen LogP contribution in [-0.2, 0) is 14.2 Å². The molecule has 16 nitrogen and oxygen atoms in total. The molecule has 0 aliphatic heterocycles. The molecule has 0 aromatic rings. The second-order valence-electron chi connectivity index (χ2n) is 15.1. The van der Waals surface area contributed by atoms with E-state index in [1.54, 1.807) is 28.3 Å². The molecule has 0 heterocycles. The Morgan fingerprint density at radius 2 is 1.05 bits per heavy atom. The summed E-state index contributed by atoms with van der Waals surface area (Å²) >= 11 is 0. The molecule has 0 amide bonds. The zero-order valence-electron chi connectivity index (χ0n) is 39.8. The van der Waals surface area contributed by atoms with Crippen molar-refractivity contribution < 1.29 is 44.8 Å². The van der Waals surface area contributed by atoms with E-state index in [1.807, 2.05) is 87.2 Å². The summed E-state index contributed by atoms with van der Waals surface area (Å²) in [5, 5.41) is 51.1. The number of aliphatic hydroxyl groups excluding tert-OH is 6. The van der Waals surface area contributed by atoms with Gasteiger partial charge in [0.1, 0.15) is 0 Å². The van der Waals surface area contributed by atoms with Gasteiger partial charge in [-0.3, -0.25) is 0 Å². The molecule has 1 aliphatic carbocycles. The van der Waals surface area contributed by atoms with Crippen molar-refractivity contribution in [2.24, 2.45) is 5.92 Å². The molecule has 0 saturated heterocycles. The van der Waals surface area contributed by atoms with Crippen LogP contribution in [0.4, 0.5) is 0 Å². The van der Waals surface area contributed by atoms with E-state index in [1.165, 1.54) is 19.4 Å². The molecule has 0 aromatic heterocycles. The van der Waals surface area contributed by atoms with Crippen LogP contribution in [0.25, 0.3) is 0 Å². The molecule has 0 aromatic carbocycles. The van der Waals surface area contributed by atoms with E-state index in [0.717, 1.165) is 71.3 Å². The van der Waals surface area contributed by atoms with Crippen LogP contribution in [0, 0.1) is 5.92 Å². The number of aliphatic hydroxyl groups is 6. The standard InChI is InChI=1S/C7H17NO2.C7H15NO.C6H15NO2.4C5H13NO/c1-8(2)5-7(10-4)6-9-3;1-8(4-5-9)6-7-2-3-7;1-3-7(2)4-6(9)5-8;1-6(2)4-5-7-3;1-5(7)4-6(2)3;1-6(2)4-3-5-7;1-3-6(2)4-5-7/h7H,5-6H2,1-4H3;7,9H,2-6H2,1H3;6,8-9H,3-5H2,1-2H3;4-5H2,1-3H3;5,7H,4H2,1-3H3;2*7H,3-5H2,1-2H3. The van der Waals surface area contributed by atoms with Crippen LogP contribution in [0.5, 0.6) is 0 Å². The van der Waals surface area contributed by atoms with E-state index in [9.17, 15) is 0 Å². The first kappa shape index (κ1) is 67.1. The van der Waals surface area contributed by atoms with Crippen LogP contribution >= 0.6 is 0 Å². The maximum Gasteiger partial charge on any atom is 0.0930 e. The SMILES string of the molecule is CC(O)CN(C)C.CCN(C)CC(O)CO.CCN(C)CCO.CN(C)CCCO.CN(CCO)CC1CC1.COCC(CN(C)C)OC.COCCN(C)C. The van der Waals surface area contributed by atoms with Gasteiger partial charge in [0.25, 0.3) is 0 Å². The first-order chi connectivity index (χ1) is 26.2. The largest absolute Gasteiger partial charge is 0.396 e. The lowest BCUT2D eigenvalue weighted by Crippen LogP contribution is -2.30. The molecule has 6 N–H and O–H groups in total. The Labute approximate surface area is 346 Å². The van der Waals surface area contributed by atoms with E-state index >= 15 is 0 Å². The monoisotopic (exact) mass is 822 g/mol. The van der Waals surface area contributed by atoms with Crippen LogP contribution in [-0.4, -0.2) is 287 Å². The topological polar surface area (TPSA) is 172 Å². The Bertz CT molecular complexity index is 660. The summed E-state index contributed by atoms with van der Waals surface area (Å²) in [5.41, 5.74) is 0. The highest BCUT2D eigenvalue weighted by Gasteiger charge is 2.22. The van der Waals surface area contributed by atoms with Crippen molar-refractivity contribution >= 4 is 0 Å². The smallest absolute Gasteiger partial charge is 0.0930 e. The van der Waals surface area contributed by atoms with Crippen LogP contribution in [0.1, 0.15) is 40.0 Å². The Kier molecular flexibility index (Phi) is 62.8. The average molecular weight is 822 g/mol. The van der Waals surface area contributed by atoms with Gasteiger partial charge in [0.2, 0.25) is 0 Å². The van der Waals surface area contributed by atoms with Gasteiger partial charge >= 0.3 is 0 Å². The molecule has 3 atom stereocenters. The van der Waals surface area contributed by atoms with Gasteiger partial charge in [-0.25, -0.2) is 0 Å². The van der Waals surface area contributed by atoms with Gasteiger partial charge in [0, 0.05) is 73.7 Å². The summed E-state index contributed by atoms with van der Waals surface area (Å²) < 4.78 is 14.9. The molecule has 3 unspecified atom stereocenters. The van der Waals surface area contributed by atoms with Crippen molar-refractivity contribution in [2.75, 3.05) is 204 Å². The quantitative estimate of drug-likeness (QED) is 0.0757. The van der Waals surface area contributed by atoms with Crippen LogP contribution in [0.2, 0.25) is 0 Å². The third-order valence-corrected chi connectivity index (χ3v) is 7.43. The minimum atomic E-state index is -0.588. The molecule has 0 spiro atoms. The molecule has 1 aliphatic rings. The summed E-state index contributed by atoms with van der Waals surface area (Å²) in [4.78, 5) is 14.4. The van der Waals surface area contributed by atoms with Gasteiger partial charge in [0.05, 0.1) is 51.3 Å². The summed E-state index contributed by atoms with van der Waals surface area (Å²) in [6, 6.07) is 0. The first-order valence-corrected chi connectivity index (χ1v) is 20.2. The number of ether oxygens (including phenoxy) is 3. The lowest BCUT2D eigenvalue weighted by atomic mass is 10.3. The fourth-order valence-corrected chi connectivity index (χ4v) is 3.86. The third-order valence-electron chi connectivity index (χ3n) is 7.43. The Morgan fingerprint density at radius 1 is 0.571 bits per heavy atom. The second-order valence-corrected chi connectivity index (χ2v) is 15.1. The van der Waals surface area contributed by atoms with E-state index in [-0.39, 0.29) is 25.4 Å². The fraction of sp³-hybridized carbons (Fsp3) is 1.00. The Balaban J connectivity index is -0.000000131. The van der Waals surface area contributed by atoms with Crippen molar-refractivity contribution in [3.63, 3.8) is 0 Å². The summed E-state index contributed by atoms with van der Waals surface area (Å²) in [5.74, 6) is 0.946. The Morgan fingerprint density at radius 3 is 1.29 bits per heavy atom. The van der Waals surface area contributed by atoms with Crippen molar-refractivity contribution in [3.8, 4) is 0 Å². The summed E-state index contributed by atoms with van der Waals surface area (Å²) in [7, 11) is 27.0. The number of hydrogen-bond donors (Lipinski definition) is 6. The molecule has 16 heteroatoms. The van der Waals surface area contributed by atoms with Gasteiger partial charge in [-0.2, -0.15) is 0 Å². The first-order valence-electron chi connectivity index (χ1n) is 20.2. The molecule has 0 bridgehead atoms. The zero-order valence-corrected chi connectivity index (χ0v) is 39.8. The van der Waals surface area contributed by atoms with Gasteiger partial charge < -0.3 is 79.1 Å². The van der Waals surface area contributed by atoms with Crippen molar-refractivity contribution in [1.82, 2.24) is 34.3 Å². The average Bonchev–Trinajstić information content (AvgIpc) is 3.94. The molecule has 1 saturated carbocycles. The summed E-state index contributed by atoms with van der Waals surface area (Å²) in [6.45, 7) is 17.0. The molecule has 348 valence electrons. The minimum Gasteiger partial charge on any atom is -0.396 e. The third kappa shape index (κ3) is 77.8. The predicted octanol–water partition coefficient (Wildman–Crippen LogP) is -0.195. The minimum absolute atomic E-state index is 0.148. The van der Waals surface area contributed by atoms with Crippen molar-refractivity contribution in [3.05, 3.63) is 0 Å². The molecular formula is C40H99N7O9. The Hall–Kier alpha value is -0.640. The number of rotatable bonds is 24. The second kappa shape index (κ2) is 52.4. The number of methoxy groups -OCH3 is 3. The van der Waals surface area contributed by atoms with Crippen molar-refractivity contribution in [2.45, 2.75) is 58.3 Å². The number of nitrogens with zero attached hydrogens (tertiary/aromatic N) is 7. The van der Waals surface area contributed by atoms with E-state index in [0.29, 0.717) is 26.4 Å². The van der Waals surface area contributed by atoms with E-state index < -0.39 is 6.10 Å². The van der Waals surface area contributed by atoms with E-state index in [2.05, 4.69) is 38.5 Å². The van der Waals surface area contributed by atoms with Gasteiger partial charge in [-0.05, 0) is 129 Å². The highest BCUT2D eigenvalue weighted by Crippen LogP contribution is 2.29. The molecular weight excluding hydrogens is 722 g/mol. The molecule has 56 heavy (non-hydrogen) atoms. The lowest BCUT2D eigenvalue weighted by molar-refractivity contribution is 0.0142. The zero-order chi connectivity index (χ0) is 44.9. The van der Waals surface area contributed by atoms with Crippen LogP contribution in [0.3, 0.4) is 0 Å². The highest BCUT2D eigenvalue weighted by molar-refractivity contribution is 4.75. The maximum atomic E-state index is 8.87. The molecule has 1 rings (SSSR count). The van der Waals surface area contributed by atoms with Crippen LogP contribution in [0.15, 0.2) is 0 Å². The van der Waals surface area contributed by atoms with Gasteiger partial charge in [-0.1, -0.05) is 13.8 Å².